The number of aliphatic carboxylic acids is 1. The van der Waals surface area contributed by atoms with E-state index in [0.717, 1.165) is 19.6 Å². The molecule has 11 heteroatoms. The van der Waals surface area contributed by atoms with Crippen molar-refractivity contribution in [2.24, 2.45) is 0 Å². The number of rotatable bonds is 10. The molecule has 0 radical (unpaired) electrons. The molecule has 1 heterocycles. The molecule has 1 unspecified atom stereocenters. The van der Waals surface area contributed by atoms with Crippen molar-refractivity contribution in [3.8, 4) is 0 Å². The van der Waals surface area contributed by atoms with Gasteiger partial charge in [-0.05, 0) is 6.92 Å². The van der Waals surface area contributed by atoms with Gasteiger partial charge in [-0.1, -0.05) is 0 Å². The summed E-state index contributed by atoms with van der Waals surface area (Å²) in [4.78, 5) is 39.1. The second-order valence-corrected chi connectivity index (χ2v) is 6.88. The summed E-state index contributed by atoms with van der Waals surface area (Å²) in [6.45, 7) is 8.30. The molecule has 0 bridgehead atoms. The highest BCUT2D eigenvalue weighted by molar-refractivity contribution is 5.69. The van der Waals surface area contributed by atoms with Gasteiger partial charge in [0.15, 0.2) is 0 Å². The third kappa shape index (κ3) is 11.8. The van der Waals surface area contributed by atoms with Crippen molar-refractivity contribution in [3.63, 3.8) is 0 Å². The monoisotopic (exact) mass is 408 g/mol. The van der Waals surface area contributed by atoms with Crippen LogP contribution < -0.4 is 0 Å². The first-order chi connectivity index (χ1) is 13.4. The van der Waals surface area contributed by atoms with Crippen molar-refractivity contribution in [2.75, 3.05) is 93.1 Å². The Morgan fingerprint density at radius 2 is 1.21 bits per heavy atom. The van der Waals surface area contributed by atoms with Crippen molar-refractivity contribution >= 4 is 5.97 Å². The van der Waals surface area contributed by atoms with Crippen LogP contribution in [-0.2, 0) is 24.3 Å². The van der Waals surface area contributed by atoms with Gasteiger partial charge in [-0.3, -0.25) is 24.4 Å². The molecule has 28 heavy (non-hydrogen) atoms. The van der Waals surface area contributed by atoms with E-state index in [2.05, 4.69) is 14.7 Å². The zero-order valence-corrected chi connectivity index (χ0v) is 17.3. The Morgan fingerprint density at radius 3 is 1.57 bits per heavy atom. The minimum absolute atomic E-state index is 0.0186. The molecule has 1 saturated heterocycles. The topological polar surface area (TPSA) is 107 Å². The zero-order chi connectivity index (χ0) is 20.8. The van der Waals surface area contributed by atoms with Crippen molar-refractivity contribution in [2.45, 2.75) is 13.0 Å². The van der Waals surface area contributed by atoms with Gasteiger partial charge in [-0.15, -0.1) is 0 Å². The molecule has 11 nitrogen and oxygen atoms in total. The number of carboxylic acids is 1. The van der Waals surface area contributed by atoms with Crippen LogP contribution in [-0.4, -0.2) is 135 Å². The second-order valence-electron chi connectivity index (χ2n) is 6.88. The first-order valence-corrected chi connectivity index (χ1v) is 9.55. The first kappa shape index (κ1) is 25.1. The molecule has 1 aliphatic heterocycles. The van der Waals surface area contributed by atoms with E-state index in [-0.39, 0.29) is 6.54 Å². The van der Waals surface area contributed by atoms with E-state index < -0.39 is 12.1 Å². The van der Waals surface area contributed by atoms with E-state index in [0.29, 0.717) is 52.7 Å². The molecule has 1 fully saturated rings. The summed E-state index contributed by atoms with van der Waals surface area (Å²) >= 11 is 0. The molecular formula is C17H36N4O7. The number of carbonyl (C=O) groups is 1. The normalized spacial score (nSPS) is 21.1. The standard InChI is InChI=1S/C17H36N4O7/c1-16(22)12-18-4-5-19(13-17(23)24)7-9-21(15-28-26-3)11-10-20(8-6-18)14-27-25-2/h16,22H,4-15H2,1-3H3,(H,23,24). The van der Waals surface area contributed by atoms with Gasteiger partial charge in [0, 0.05) is 58.9 Å². The first-order valence-electron chi connectivity index (χ1n) is 9.55. The molecular weight excluding hydrogens is 372 g/mol. The van der Waals surface area contributed by atoms with Crippen LogP contribution in [0.4, 0.5) is 0 Å². The van der Waals surface area contributed by atoms with Crippen molar-refractivity contribution < 1.29 is 34.6 Å². The minimum atomic E-state index is -0.850. The third-order valence-electron chi connectivity index (χ3n) is 4.52. The van der Waals surface area contributed by atoms with Crippen molar-refractivity contribution in [1.29, 1.82) is 0 Å². The summed E-state index contributed by atoms with van der Waals surface area (Å²) in [5.74, 6) is -0.850. The highest BCUT2D eigenvalue weighted by Crippen LogP contribution is 2.02. The molecule has 0 aliphatic carbocycles. The largest absolute Gasteiger partial charge is 0.480 e. The van der Waals surface area contributed by atoms with Gasteiger partial charge >= 0.3 is 5.97 Å². The smallest absolute Gasteiger partial charge is 0.317 e. The summed E-state index contributed by atoms with van der Waals surface area (Å²) in [5, 5.41) is 19.0. The van der Waals surface area contributed by atoms with Crippen LogP contribution in [0, 0.1) is 0 Å². The van der Waals surface area contributed by atoms with Crippen LogP contribution in [0.25, 0.3) is 0 Å². The van der Waals surface area contributed by atoms with Crippen LogP contribution in [0.1, 0.15) is 6.92 Å². The Kier molecular flexibility index (Phi) is 13.5. The number of aliphatic hydroxyl groups is 1. The molecule has 0 aromatic carbocycles. The second kappa shape index (κ2) is 15.0. The molecule has 166 valence electrons. The average molecular weight is 408 g/mol. The Bertz CT molecular complexity index is 417. The van der Waals surface area contributed by atoms with E-state index in [4.69, 9.17) is 19.6 Å². The summed E-state index contributed by atoms with van der Waals surface area (Å²) in [7, 11) is 2.94. The Labute approximate surface area is 167 Å². The number of hydrogen-bond donors (Lipinski definition) is 2. The molecule has 0 amide bonds. The van der Waals surface area contributed by atoms with Crippen molar-refractivity contribution in [1.82, 2.24) is 19.6 Å². The maximum absolute atomic E-state index is 11.2. The van der Waals surface area contributed by atoms with E-state index >= 15 is 0 Å². The predicted molar refractivity (Wildman–Crippen MR) is 101 cm³/mol. The van der Waals surface area contributed by atoms with E-state index in [9.17, 15) is 15.0 Å². The van der Waals surface area contributed by atoms with E-state index in [1.807, 2.05) is 4.90 Å². The number of hydrogen-bond acceptors (Lipinski definition) is 10. The van der Waals surface area contributed by atoms with Gasteiger partial charge in [0.2, 0.25) is 0 Å². The molecule has 2 N–H and O–H groups in total. The summed E-state index contributed by atoms with van der Waals surface area (Å²) in [5.41, 5.74) is 0. The number of aliphatic hydroxyl groups excluding tert-OH is 1. The molecule has 0 aromatic rings. The van der Waals surface area contributed by atoms with E-state index in [1.54, 1.807) is 6.92 Å². The fourth-order valence-electron chi connectivity index (χ4n) is 3.00. The molecule has 1 aliphatic rings. The lowest BCUT2D eigenvalue weighted by atomic mass is 10.3. The molecule has 0 aromatic heterocycles. The lowest BCUT2D eigenvalue weighted by Crippen LogP contribution is -2.48. The fourth-order valence-corrected chi connectivity index (χ4v) is 3.00. The number of nitrogens with zero attached hydrogens (tertiary/aromatic N) is 4. The Balaban J connectivity index is 2.80. The van der Waals surface area contributed by atoms with Crippen LogP contribution in [0.2, 0.25) is 0 Å². The lowest BCUT2D eigenvalue weighted by molar-refractivity contribution is -0.300. The van der Waals surface area contributed by atoms with Gasteiger partial charge in [-0.25, -0.2) is 19.6 Å². The highest BCUT2D eigenvalue weighted by Gasteiger charge is 2.19. The lowest BCUT2D eigenvalue weighted by Gasteiger charge is -2.33. The van der Waals surface area contributed by atoms with Crippen LogP contribution in [0.3, 0.4) is 0 Å². The third-order valence-corrected chi connectivity index (χ3v) is 4.52. The SMILES string of the molecule is COOCN1CCN(COOC)CCN(CC(C)O)CCN(CC(=O)O)CC1. The van der Waals surface area contributed by atoms with E-state index in [1.165, 1.54) is 14.2 Å². The summed E-state index contributed by atoms with van der Waals surface area (Å²) in [6, 6.07) is 0. The maximum atomic E-state index is 11.2. The minimum Gasteiger partial charge on any atom is -0.480 e. The van der Waals surface area contributed by atoms with Crippen LogP contribution >= 0.6 is 0 Å². The number of β-amino-alcohol motifs (C(OH)–C–C–N with tert-alkyl or cyclic N) is 1. The summed E-state index contributed by atoms with van der Waals surface area (Å²) < 4.78 is 0. The summed E-state index contributed by atoms with van der Waals surface area (Å²) in [6.07, 6.45) is -0.453. The number of carboxylic acid groups (broad SMARTS) is 1. The zero-order valence-electron chi connectivity index (χ0n) is 17.3. The molecule has 0 spiro atoms. The van der Waals surface area contributed by atoms with Gasteiger partial charge in [0.05, 0.1) is 26.9 Å². The highest BCUT2D eigenvalue weighted by atomic mass is 17.2. The average Bonchev–Trinajstić information content (AvgIpc) is 2.63. The maximum Gasteiger partial charge on any atom is 0.317 e. The van der Waals surface area contributed by atoms with Crippen LogP contribution in [0.15, 0.2) is 0 Å². The Morgan fingerprint density at radius 1 is 0.821 bits per heavy atom. The van der Waals surface area contributed by atoms with Gasteiger partial charge < -0.3 is 10.2 Å². The van der Waals surface area contributed by atoms with Gasteiger partial charge in [-0.2, -0.15) is 0 Å². The Hall–Kier alpha value is -0.890. The van der Waals surface area contributed by atoms with Crippen molar-refractivity contribution in [3.05, 3.63) is 0 Å². The fraction of sp³-hybridized carbons (Fsp3) is 0.941. The quantitative estimate of drug-likeness (QED) is 0.334. The molecule has 1 rings (SSSR count). The van der Waals surface area contributed by atoms with Crippen LogP contribution in [0.5, 0.6) is 0 Å². The molecule has 0 saturated carbocycles. The predicted octanol–water partition coefficient (Wildman–Crippen LogP) is -1.26. The molecule has 1 atom stereocenters. The van der Waals surface area contributed by atoms with Gasteiger partial charge in [0.25, 0.3) is 0 Å². The van der Waals surface area contributed by atoms with Gasteiger partial charge in [0.1, 0.15) is 13.5 Å².